The molecule has 1 amide bonds. The van der Waals surface area contributed by atoms with Crippen molar-refractivity contribution < 1.29 is 14.3 Å². The summed E-state index contributed by atoms with van der Waals surface area (Å²) < 4.78 is 11.9. The van der Waals surface area contributed by atoms with Gasteiger partial charge in [0, 0.05) is 5.02 Å². The minimum absolute atomic E-state index is 0.108. The van der Waals surface area contributed by atoms with Crippen molar-refractivity contribution in [3.05, 3.63) is 52.0 Å². The smallest absolute Gasteiger partial charge is 0.262 e. The van der Waals surface area contributed by atoms with Crippen molar-refractivity contribution in [3.63, 3.8) is 0 Å². The molecule has 128 valence electrons. The van der Waals surface area contributed by atoms with E-state index >= 15 is 0 Å². The molecule has 0 aromatic heterocycles. The van der Waals surface area contributed by atoms with Crippen molar-refractivity contribution in [1.29, 1.82) is 0 Å². The topological polar surface area (TPSA) is 47.6 Å². The molecular formula is C18H19BrClNO3. The number of hydrogen-bond acceptors (Lipinski definition) is 3. The standard InChI is InChI=1S/C18H19BrClNO3/c1-2-3-10-23-17-7-5-4-6-15(17)21-18(22)12-24-16-9-8-13(20)11-14(16)19/h4-9,11H,2-3,10,12H2,1H3,(H,21,22). The third-order valence-electron chi connectivity index (χ3n) is 3.17. The Morgan fingerprint density at radius 2 is 1.96 bits per heavy atom. The van der Waals surface area contributed by atoms with E-state index in [1.165, 1.54) is 0 Å². The third-order valence-corrected chi connectivity index (χ3v) is 4.02. The van der Waals surface area contributed by atoms with E-state index in [9.17, 15) is 4.79 Å². The van der Waals surface area contributed by atoms with E-state index in [0.717, 1.165) is 12.8 Å². The Morgan fingerprint density at radius 3 is 2.71 bits per heavy atom. The molecule has 0 aliphatic carbocycles. The maximum absolute atomic E-state index is 12.1. The second kappa shape index (κ2) is 9.55. The van der Waals surface area contributed by atoms with Crippen LogP contribution in [0.4, 0.5) is 5.69 Å². The molecule has 1 N–H and O–H groups in total. The minimum Gasteiger partial charge on any atom is -0.491 e. The van der Waals surface area contributed by atoms with Gasteiger partial charge in [0.2, 0.25) is 0 Å². The van der Waals surface area contributed by atoms with Gasteiger partial charge in [0.1, 0.15) is 11.5 Å². The van der Waals surface area contributed by atoms with E-state index in [2.05, 4.69) is 28.2 Å². The van der Waals surface area contributed by atoms with Crippen molar-refractivity contribution in [2.24, 2.45) is 0 Å². The highest BCUT2D eigenvalue weighted by Gasteiger charge is 2.09. The molecule has 0 aliphatic rings. The number of unbranched alkanes of at least 4 members (excludes halogenated alkanes) is 1. The fraction of sp³-hybridized carbons (Fsp3) is 0.278. The van der Waals surface area contributed by atoms with E-state index in [1.807, 2.05) is 18.2 Å². The number of para-hydroxylation sites is 2. The molecule has 0 radical (unpaired) electrons. The van der Waals surface area contributed by atoms with E-state index in [4.69, 9.17) is 21.1 Å². The molecule has 0 spiro atoms. The van der Waals surface area contributed by atoms with E-state index < -0.39 is 0 Å². The van der Waals surface area contributed by atoms with Gasteiger partial charge in [0.05, 0.1) is 16.8 Å². The molecule has 0 fully saturated rings. The number of carbonyl (C=O) groups is 1. The highest BCUT2D eigenvalue weighted by molar-refractivity contribution is 9.10. The molecule has 0 aliphatic heterocycles. The van der Waals surface area contributed by atoms with Gasteiger partial charge in [0.25, 0.3) is 5.91 Å². The molecule has 24 heavy (non-hydrogen) atoms. The first kappa shape index (κ1) is 18.6. The fourth-order valence-corrected chi connectivity index (χ4v) is 2.74. The molecule has 0 atom stereocenters. The quantitative estimate of drug-likeness (QED) is 0.599. The van der Waals surface area contributed by atoms with Crippen LogP contribution in [-0.2, 0) is 4.79 Å². The number of anilines is 1. The number of nitrogens with one attached hydrogen (secondary N) is 1. The highest BCUT2D eigenvalue weighted by atomic mass is 79.9. The second-order valence-corrected chi connectivity index (χ2v) is 6.40. The van der Waals surface area contributed by atoms with Crippen LogP contribution in [-0.4, -0.2) is 19.1 Å². The summed E-state index contributed by atoms with van der Waals surface area (Å²) in [4.78, 5) is 12.1. The van der Waals surface area contributed by atoms with Crippen molar-refractivity contribution in [3.8, 4) is 11.5 Å². The zero-order valence-electron chi connectivity index (χ0n) is 13.4. The summed E-state index contributed by atoms with van der Waals surface area (Å²) in [6.45, 7) is 2.62. The highest BCUT2D eigenvalue weighted by Crippen LogP contribution is 2.28. The zero-order valence-corrected chi connectivity index (χ0v) is 15.7. The average molecular weight is 413 g/mol. The van der Waals surface area contributed by atoms with Crippen LogP contribution in [0.3, 0.4) is 0 Å². The number of hydrogen-bond donors (Lipinski definition) is 1. The third kappa shape index (κ3) is 5.73. The lowest BCUT2D eigenvalue weighted by molar-refractivity contribution is -0.118. The van der Waals surface area contributed by atoms with Gasteiger partial charge in [-0.25, -0.2) is 0 Å². The Kier molecular flexibility index (Phi) is 7.40. The lowest BCUT2D eigenvalue weighted by atomic mass is 10.3. The molecule has 0 heterocycles. The number of rotatable bonds is 8. The Morgan fingerprint density at radius 1 is 1.17 bits per heavy atom. The van der Waals surface area contributed by atoms with Crippen LogP contribution >= 0.6 is 27.5 Å². The number of ether oxygens (including phenoxy) is 2. The molecular weight excluding hydrogens is 394 g/mol. The van der Waals surface area contributed by atoms with E-state index in [-0.39, 0.29) is 12.5 Å². The zero-order chi connectivity index (χ0) is 17.4. The van der Waals surface area contributed by atoms with Gasteiger partial charge in [-0.05, 0) is 52.7 Å². The number of halogens is 2. The van der Waals surface area contributed by atoms with Gasteiger partial charge in [-0.1, -0.05) is 37.1 Å². The first-order chi connectivity index (χ1) is 11.6. The Balaban J connectivity index is 1.92. The van der Waals surface area contributed by atoms with Gasteiger partial charge in [0.15, 0.2) is 6.61 Å². The maximum Gasteiger partial charge on any atom is 0.262 e. The van der Waals surface area contributed by atoms with Crippen LogP contribution in [0.5, 0.6) is 11.5 Å². The van der Waals surface area contributed by atoms with Gasteiger partial charge in [-0.3, -0.25) is 4.79 Å². The van der Waals surface area contributed by atoms with Crippen molar-refractivity contribution >= 4 is 39.1 Å². The van der Waals surface area contributed by atoms with Gasteiger partial charge in [-0.2, -0.15) is 0 Å². The van der Waals surface area contributed by atoms with Crippen LogP contribution in [0.1, 0.15) is 19.8 Å². The summed E-state index contributed by atoms with van der Waals surface area (Å²) in [5, 5.41) is 3.40. The van der Waals surface area contributed by atoms with Crippen LogP contribution in [0, 0.1) is 0 Å². The molecule has 2 aromatic rings. The summed E-state index contributed by atoms with van der Waals surface area (Å²) in [6.07, 6.45) is 2.02. The first-order valence-electron chi connectivity index (χ1n) is 7.69. The lowest BCUT2D eigenvalue weighted by Crippen LogP contribution is -2.20. The number of benzene rings is 2. The first-order valence-corrected chi connectivity index (χ1v) is 8.86. The van der Waals surface area contributed by atoms with Crippen molar-refractivity contribution in [1.82, 2.24) is 0 Å². The summed E-state index contributed by atoms with van der Waals surface area (Å²) in [5.74, 6) is 0.956. The monoisotopic (exact) mass is 411 g/mol. The molecule has 2 rings (SSSR count). The SMILES string of the molecule is CCCCOc1ccccc1NC(=O)COc1ccc(Cl)cc1Br. The fourth-order valence-electron chi connectivity index (χ4n) is 1.94. The predicted molar refractivity (Wildman–Crippen MR) is 100 cm³/mol. The molecule has 0 unspecified atom stereocenters. The van der Waals surface area contributed by atoms with Crippen LogP contribution in [0.2, 0.25) is 5.02 Å². The summed E-state index contributed by atoms with van der Waals surface area (Å²) in [5.41, 5.74) is 0.636. The summed E-state index contributed by atoms with van der Waals surface area (Å²) in [6, 6.07) is 12.5. The molecule has 6 heteroatoms. The Labute approximate surface area is 155 Å². The molecule has 0 saturated heterocycles. The van der Waals surface area contributed by atoms with Gasteiger partial charge >= 0.3 is 0 Å². The average Bonchev–Trinajstić information content (AvgIpc) is 2.56. The maximum atomic E-state index is 12.1. The molecule has 0 bridgehead atoms. The van der Waals surface area contributed by atoms with Crippen LogP contribution in [0.15, 0.2) is 46.9 Å². The predicted octanol–water partition coefficient (Wildman–Crippen LogP) is 5.30. The van der Waals surface area contributed by atoms with Crippen LogP contribution in [0.25, 0.3) is 0 Å². The molecule has 2 aromatic carbocycles. The van der Waals surface area contributed by atoms with Crippen molar-refractivity contribution in [2.45, 2.75) is 19.8 Å². The van der Waals surface area contributed by atoms with E-state index in [0.29, 0.717) is 33.3 Å². The van der Waals surface area contributed by atoms with Crippen LogP contribution < -0.4 is 14.8 Å². The molecule has 4 nitrogen and oxygen atoms in total. The minimum atomic E-state index is -0.261. The normalized spacial score (nSPS) is 10.3. The van der Waals surface area contributed by atoms with Gasteiger partial charge in [-0.15, -0.1) is 0 Å². The number of amides is 1. The summed E-state index contributed by atoms with van der Waals surface area (Å²) >= 11 is 9.23. The largest absolute Gasteiger partial charge is 0.491 e. The number of carbonyl (C=O) groups excluding carboxylic acids is 1. The molecule has 0 saturated carbocycles. The Hall–Kier alpha value is -1.72. The summed E-state index contributed by atoms with van der Waals surface area (Å²) in [7, 11) is 0. The lowest BCUT2D eigenvalue weighted by Gasteiger charge is -2.13. The van der Waals surface area contributed by atoms with E-state index in [1.54, 1.807) is 24.3 Å². The Bertz CT molecular complexity index is 694. The second-order valence-electron chi connectivity index (χ2n) is 5.11. The van der Waals surface area contributed by atoms with Crippen molar-refractivity contribution in [2.75, 3.05) is 18.5 Å². The van der Waals surface area contributed by atoms with Gasteiger partial charge < -0.3 is 14.8 Å².